The molecule has 1 aliphatic rings. The Morgan fingerprint density at radius 3 is 3.18 bits per heavy atom. The number of nitrogens with zero attached hydrogens (tertiary/aromatic N) is 4. The smallest absolute Gasteiger partial charge is 0.224 e. The van der Waals surface area contributed by atoms with Gasteiger partial charge in [0, 0.05) is 18.8 Å². The molecule has 90 valence electrons. The van der Waals surface area contributed by atoms with Crippen molar-refractivity contribution in [3.8, 4) is 0 Å². The average Bonchev–Trinajstić information content (AvgIpc) is 2.62. The highest BCUT2D eigenvalue weighted by molar-refractivity contribution is 7.99. The molecule has 0 saturated carbocycles. The lowest BCUT2D eigenvalue weighted by Gasteiger charge is -2.21. The minimum absolute atomic E-state index is 0.288. The van der Waals surface area contributed by atoms with Gasteiger partial charge >= 0.3 is 0 Å². The second-order valence-electron chi connectivity index (χ2n) is 3.96. The van der Waals surface area contributed by atoms with E-state index in [-0.39, 0.29) is 5.95 Å². The summed E-state index contributed by atoms with van der Waals surface area (Å²) in [6.45, 7) is 2.01. The van der Waals surface area contributed by atoms with Crippen molar-refractivity contribution in [2.75, 3.05) is 35.2 Å². The van der Waals surface area contributed by atoms with Gasteiger partial charge in [0.15, 0.2) is 11.5 Å². The van der Waals surface area contributed by atoms with Gasteiger partial charge < -0.3 is 15.6 Å². The second kappa shape index (κ2) is 4.40. The van der Waals surface area contributed by atoms with Crippen LogP contribution in [0, 0.1) is 0 Å². The molecule has 2 aromatic rings. The number of thioether (sulfide) groups is 1. The largest absolute Gasteiger partial charge is 0.368 e. The molecule has 0 radical (unpaired) electrons. The van der Waals surface area contributed by atoms with E-state index >= 15 is 0 Å². The number of nitrogens with one attached hydrogen (secondary N) is 1. The van der Waals surface area contributed by atoms with Gasteiger partial charge in [0.05, 0.1) is 6.33 Å². The van der Waals surface area contributed by atoms with Crippen LogP contribution >= 0.6 is 11.8 Å². The molecule has 0 aliphatic carbocycles. The van der Waals surface area contributed by atoms with Gasteiger partial charge in [0.25, 0.3) is 0 Å². The molecule has 0 unspecified atom stereocenters. The number of nitrogens with two attached hydrogens (primary N) is 1. The normalized spacial score (nSPS) is 17.3. The molecule has 1 saturated heterocycles. The Hall–Kier alpha value is -1.50. The lowest BCUT2D eigenvalue weighted by molar-refractivity contribution is 0.804. The topological polar surface area (TPSA) is 83.7 Å². The summed E-state index contributed by atoms with van der Waals surface area (Å²) < 4.78 is 0. The number of fused-ring (bicyclic) bond motifs is 1. The summed E-state index contributed by atoms with van der Waals surface area (Å²) in [5.74, 6) is 3.51. The first-order valence-electron chi connectivity index (χ1n) is 5.64. The van der Waals surface area contributed by atoms with Crippen LogP contribution in [0.3, 0.4) is 0 Å². The molecule has 7 heteroatoms. The number of hydrogen-bond acceptors (Lipinski definition) is 6. The van der Waals surface area contributed by atoms with Crippen LogP contribution in [0.2, 0.25) is 0 Å². The first-order chi connectivity index (χ1) is 8.34. The fraction of sp³-hybridized carbons (Fsp3) is 0.500. The number of nitrogen functional groups attached to an aromatic ring is 1. The van der Waals surface area contributed by atoms with Crippen LogP contribution in [-0.4, -0.2) is 44.5 Å². The zero-order valence-corrected chi connectivity index (χ0v) is 10.2. The Balaban J connectivity index is 2.05. The zero-order chi connectivity index (χ0) is 11.7. The quantitative estimate of drug-likeness (QED) is 0.781. The lowest BCUT2D eigenvalue weighted by Crippen LogP contribution is -2.27. The Kier molecular flexibility index (Phi) is 2.76. The predicted molar refractivity (Wildman–Crippen MR) is 70.3 cm³/mol. The first-order valence-corrected chi connectivity index (χ1v) is 6.79. The van der Waals surface area contributed by atoms with E-state index in [2.05, 4.69) is 24.8 Å². The molecule has 3 rings (SSSR count). The summed E-state index contributed by atoms with van der Waals surface area (Å²) in [5.41, 5.74) is 7.25. The van der Waals surface area contributed by atoms with Gasteiger partial charge in [-0.05, 0) is 12.2 Å². The molecule has 1 aliphatic heterocycles. The second-order valence-corrected chi connectivity index (χ2v) is 5.18. The van der Waals surface area contributed by atoms with Crippen LogP contribution in [0.5, 0.6) is 0 Å². The van der Waals surface area contributed by atoms with E-state index in [1.54, 1.807) is 6.33 Å². The van der Waals surface area contributed by atoms with Gasteiger partial charge in [-0.2, -0.15) is 21.7 Å². The van der Waals surface area contributed by atoms with Crippen LogP contribution in [0.1, 0.15) is 6.42 Å². The average molecular weight is 250 g/mol. The number of aromatic amines is 1. The molecule has 3 N–H and O–H groups in total. The van der Waals surface area contributed by atoms with Gasteiger partial charge in [-0.1, -0.05) is 0 Å². The molecule has 1 fully saturated rings. The van der Waals surface area contributed by atoms with E-state index in [0.717, 1.165) is 30.2 Å². The molecule has 0 atom stereocenters. The molecular weight excluding hydrogens is 236 g/mol. The highest BCUT2D eigenvalue weighted by Crippen LogP contribution is 2.24. The van der Waals surface area contributed by atoms with Crippen LogP contribution in [0.15, 0.2) is 6.33 Å². The summed E-state index contributed by atoms with van der Waals surface area (Å²) >= 11 is 1.98. The van der Waals surface area contributed by atoms with E-state index in [0.29, 0.717) is 5.65 Å². The first kappa shape index (κ1) is 10.6. The fourth-order valence-corrected chi connectivity index (χ4v) is 2.91. The number of hydrogen-bond donors (Lipinski definition) is 2. The third kappa shape index (κ3) is 2.02. The van der Waals surface area contributed by atoms with E-state index in [1.165, 1.54) is 12.2 Å². The van der Waals surface area contributed by atoms with Crippen molar-refractivity contribution in [1.29, 1.82) is 0 Å². The Bertz CT molecular complexity index is 516. The van der Waals surface area contributed by atoms with Crippen molar-refractivity contribution < 1.29 is 0 Å². The standard InChI is InChI=1S/C10H14N6S/c11-10-14-8-7(12-6-13-8)9(15-10)16-2-1-4-17-5-3-16/h6H,1-5H2,(H3,11,12,13,14,15). The van der Waals surface area contributed by atoms with Crippen LogP contribution in [-0.2, 0) is 0 Å². The SMILES string of the molecule is Nc1nc(N2CCCSCC2)c2[nH]cnc2n1. The van der Waals surface area contributed by atoms with Crippen molar-refractivity contribution in [2.24, 2.45) is 0 Å². The molecule has 0 aromatic carbocycles. The van der Waals surface area contributed by atoms with Crippen molar-refractivity contribution in [3.63, 3.8) is 0 Å². The van der Waals surface area contributed by atoms with Gasteiger partial charge in [-0.15, -0.1) is 0 Å². The fourth-order valence-electron chi connectivity index (χ4n) is 2.02. The highest BCUT2D eigenvalue weighted by atomic mass is 32.2. The molecule has 2 aromatic heterocycles. The van der Waals surface area contributed by atoms with Crippen molar-refractivity contribution in [1.82, 2.24) is 19.9 Å². The zero-order valence-electron chi connectivity index (χ0n) is 9.39. The molecule has 0 amide bonds. The lowest BCUT2D eigenvalue weighted by atomic mass is 10.3. The third-order valence-corrected chi connectivity index (χ3v) is 3.85. The van der Waals surface area contributed by atoms with Crippen molar-refractivity contribution >= 4 is 34.7 Å². The molecular formula is C10H14N6S. The third-order valence-electron chi connectivity index (χ3n) is 2.81. The van der Waals surface area contributed by atoms with Gasteiger partial charge in [-0.25, -0.2) is 4.98 Å². The minimum atomic E-state index is 0.288. The minimum Gasteiger partial charge on any atom is -0.368 e. The maximum Gasteiger partial charge on any atom is 0.224 e. The highest BCUT2D eigenvalue weighted by Gasteiger charge is 2.16. The summed E-state index contributed by atoms with van der Waals surface area (Å²) in [6, 6.07) is 0. The van der Waals surface area contributed by atoms with Crippen molar-refractivity contribution in [3.05, 3.63) is 6.33 Å². The maximum atomic E-state index is 5.72. The number of aromatic nitrogens is 4. The van der Waals surface area contributed by atoms with Crippen LogP contribution < -0.4 is 10.6 Å². The van der Waals surface area contributed by atoms with E-state index in [4.69, 9.17) is 5.73 Å². The van der Waals surface area contributed by atoms with Crippen LogP contribution in [0.4, 0.5) is 11.8 Å². The molecule has 0 spiro atoms. The monoisotopic (exact) mass is 250 g/mol. The van der Waals surface area contributed by atoms with Crippen molar-refractivity contribution in [2.45, 2.75) is 6.42 Å². The Labute approximate surface area is 103 Å². The van der Waals surface area contributed by atoms with E-state index in [9.17, 15) is 0 Å². The molecule has 6 nitrogen and oxygen atoms in total. The summed E-state index contributed by atoms with van der Waals surface area (Å²) in [6.07, 6.45) is 2.80. The molecule has 3 heterocycles. The van der Waals surface area contributed by atoms with Gasteiger partial charge in [0.2, 0.25) is 5.95 Å². The number of H-pyrrole nitrogens is 1. The van der Waals surface area contributed by atoms with E-state index < -0.39 is 0 Å². The summed E-state index contributed by atoms with van der Waals surface area (Å²) in [5, 5.41) is 0. The number of rotatable bonds is 1. The maximum absolute atomic E-state index is 5.72. The van der Waals surface area contributed by atoms with Gasteiger partial charge in [0.1, 0.15) is 5.52 Å². The predicted octanol–water partition coefficient (Wildman–Crippen LogP) is 0.878. The van der Waals surface area contributed by atoms with Crippen LogP contribution in [0.25, 0.3) is 11.2 Å². The molecule has 0 bridgehead atoms. The number of imidazole rings is 1. The van der Waals surface area contributed by atoms with E-state index in [1.807, 2.05) is 11.8 Å². The summed E-state index contributed by atoms with van der Waals surface area (Å²) in [4.78, 5) is 18.0. The van der Waals surface area contributed by atoms with Gasteiger partial charge in [-0.3, -0.25) is 0 Å². The summed E-state index contributed by atoms with van der Waals surface area (Å²) in [7, 11) is 0. The number of anilines is 2. The Morgan fingerprint density at radius 1 is 1.29 bits per heavy atom. The Morgan fingerprint density at radius 2 is 2.24 bits per heavy atom. The molecule has 17 heavy (non-hydrogen) atoms.